The van der Waals surface area contributed by atoms with Crippen molar-refractivity contribution in [3.63, 3.8) is 0 Å². The van der Waals surface area contributed by atoms with E-state index in [0.717, 1.165) is 16.7 Å². The van der Waals surface area contributed by atoms with Crippen LogP contribution in [0.15, 0.2) is 35.5 Å². The monoisotopic (exact) mass is 481 g/mol. The van der Waals surface area contributed by atoms with Crippen molar-refractivity contribution in [3.05, 3.63) is 52.8 Å². The highest BCUT2D eigenvalue weighted by atomic mass is 127. The Hall–Kier alpha value is -1.78. The Balaban J connectivity index is 0.00000338. The first-order chi connectivity index (χ1) is 11.8. The Bertz CT molecular complexity index is 740. The molecule has 0 aliphatic carbocycles. The van der Waals surface area contributed by atoms with E-state index in [1.165, 1.54) is 18.8 Å². The number of halogens is 4. The second-order valence-electron chi connectivity index (χ2n) is 5.58. The molecule has 9 heteroatoms. The fraction of sp³-hybridized carbons (Fsp3) is 0.412. The van der Waals surface area contributed by atoms with Crippen molar-refractivity contribution in [1.29, 1.82) is 0 Å². The molecule has 1 aromatic heterocycles. The largest absolute Gasteiger partial charge is 0.435 e. The molecule has 0 saturated carbocycles. The number of benzene rings is 1. The van der Waals surface area contributed by atoms with Crippen molar-refractivity contribution >= 4 is 29.9 Å². The molecule has 2 rings (SSSR count). The van der Waals surface area contributed by atoms with Gasteiger partial charge in [-0.25, -0.2) is 0 Å². The molecular weight excluding hydrogens is 458 g/mol. The molecule has 0 atom stereocenters. The average Bonchev–Trinajstić information content (AvgIpc) is 2.96. The number of aliphatic imine (C=N–C) groups is 1. The lowest BCUT2D eigenvalue weighted by atomic mass is 10.1. The smallest absolute Gasteiger partial charge is 0.352 e. The molecule has 0 radical (unpaired) electrons. The summed E-state index contributed by atoms with van der Waals surface area (Å²) in [6, 6.07) is 8.01. The first-order valence-corrected chi connectivity index (χ1v) is 7.96. The van der Waals surface area contributed by atoms with E-state index >= 15 is 0 Å². The molecule has 5 nitrogen and oxygen atoms in total. The lowest BCUT2D eigenvalue weighted by Gasteiger charge is -2.14. The second-order valence-corrected chi connectivity index (χ2v) is 5.58. The van der Waals surface area contributed by atoms with Gasteiger partial charge in [0.2, 0.25) is 0 Å². The molecule has 144 valence electrons. The van der Waals surface area contributed by atoms with Gasteiger partial charge in [0.15, 0.2) is 11.7 Å². The second kappa shape index (κ2) is 9.79. The van der Waals surface area contributed by atoms with Crippen LogP contribution >= 0.6 is 24.0 Å². The molecule has 1 aromatic carbocycles. The van der Waals surface area contributed by atoms with Crippen LogP contribution in [0.1, 0.15) is 29.3 Å². The van der Waals surface area contributed by atoms with Gasteiger partial charge in [0, 0.05) is 38.9 Å². The highest BCUT2D eigenvalue weighted by molar-refractivity contribution is 14.0. The Morgan fingerprint density at radius 1 is 1.12 bits per heavy atom. The Kier molecular flexibility index (Phi) is 8.38. The summed E-state index contributed by atoms with van der Waals surface area (Å²) in [4.78, 5) is 4.06. The highest BCUT2D eigenvalue weighted by Gasteiger charge is 2.36. The van der Waals surface area contributed by atoms with Crippen LogP contribution < -0.4 is 10.6 Å². The summed E-state index contributed by atoms with van der Waals surface area (Å²) in [5.74, 6) is 0.433. The number of alkyl halides is 3. The summed E-state index contributed by atoms with van der Waals surface area (Å²) in [5, 5.41) is 9.52. The normalized spacial score (nSPS) is 11.8. The van der Waals surface area contributed by atoms with E-state index < -0.39 is 11.9 Å². The van der Waals surface area contributed by atoms with Crippen LogP contribution in [0.3, 0.4) is 0 Å². The Morgan fingerprint density at radius 3 is 2.23 bits per heavy atom. The fourth-order valence-electron chi connectivity index (χ4n) is 2.56. The van der Waals surface area contributed by atoms with Crippen LogP contribution in [0, 0.1) is 0 Å². The molecule has 2 N–H and O–H groups in total. The van der Waals surface area contributed by atoms with Gasteiger partial charge in [-0.15, -0.1) is 24.0 Å². The van der Waals surface area contributed by atoms with Crippen molar-refractivity contribution in [2.24, 2.45) is 12.0 Å². The van der Waals surface area contributed by atoms with Gasteiger partial charge >= 0.3 is 6.18 Å². The van der Waals surface area contributed by atoms with Gasteiger partial charge in [-0.3, -0.25) is 9.67 Å². The number of nitrogens with one attached hydrogen (secondary N) is 2. The maximum atomic E-state index is 13.0. The van der Waals surface area contributed by atoms with Gasteiger partial charge in [-0.05, 0) is 17.5 Å². The number of aromatic nitrogens is 2. The van der Waals surface area contributed by atoms with Gasteiger partial charge in [0.25, 0.3) is 0 Å². The molecule has 0 fully saturated rings. The lowest BCUT2D eigenvalue weighted by molar-refractivity contribution is -0.142. The standard InChI is InChI=1S/C17H22F3N5.HI/c1-4-12-7-5-6-8-13(12)9-22-16(21-2)23-10-14-11-25(3)24-15(14)17(18,19)20;/h5-8,11H,4,9-10H2,1-3H3,(H2,21,22,23);1H. The predicted molar refractivity (Wildman–Crippen MR) is 106 cm³/mol. The molecule has 0 aliphatic heterocycles. The topological polar surface area (TPSA) is 54.2 Å². The zero-order chi connectivity index (χ0) is 18.4. The summed E-state index contributed by atoms with van der Waals surface area (Å²) >= 11 is 0. The van der Waals surface area contributed by atoms with E-state index in [9.17, 15) is 13.2 Å². The van der Waals surface area contributed by atoms with Crippen LogP contribution in [-0.4, -0.2) is 22.8 Å². The van der Waals surface area contributed by atoms with E-state index in [4.69, 9.17) is 0 Å². The highest BCUT2D eigenvalue weighted by Crippen LogP contribution is 2.30. The van der Waals surface area contributed by atoms with Crippen molar-refractivity contribution < 1.29 is 13.2 Å². The van der Waals surface area contributed by atoms with Crippen LogP contribution in [0.4, 0.5) is 13.2 Å². The number of aryl methyl sites for hydroxylation is 2. The van der Waals surface area contributed by atoms with Crippen molar-refractivity contribution in [2.45, 2.75) is 32.6 Å². The molecule has 0 spiro atoms. The average molecular weight is 481 g/mol. The molecular formula is C17H23F3IN5. The van der Waals surface area contributed by atoms with Gasteiger partial charge in [-0.2, -0.15) is 18.3 Å². The number of nitrogens with zero attached hydrogens (tertiary/aromatic N) is 3. The molecule has 0 saturated heterocycles. The molecule has 0 aliphatic rings. The van der Waals surface area contributed by atoms with Crippen molar-refractivity contribution in [1.82, 2.24) is 20.4 Å². The molecule has 0 amide bonds. The molecule has 26 heavy (non-hydrogen) atoms. The Labute approximate surface area is 168 Å². The summed E-state index contributed by atoms with van der Waals surface area (Å²) in [5.41, 5.74) is 1.54. The summed E-state index contributed by atoms with van der Waals surface area (Å²) < 4.78 is 40.1. The quantitative estimate of drug-likeness (QED) is 0.391. The maximum absolute atomic E-state index is 13.0. The fourth-order valence-corrected chi connectivity index (χ4v) is 2.56. The molecule has 1 heterocycles. The number of hydrogen-bond donors (Lipinski definition) is 2. The zero-order valence-electron chi connectivity index (χ0n) is 14.9. The van der Waals surface area contributed by atoms with Gasteiger partial charge in [-0.1, -0.05) is 31.2 Å². The van der Waals surface area contributed by atoms with Crippen molar-refractivity contribution in [2.75, 3.05) is 7.05 Å². The third-order valence-electron chi connectivity index (χ3n) is 3.79. The SMILES string of the molecule is CCc1ccccc1CNC(=NC)NCc1cn(C)nc1C(F)(F)F.I. The third kappa shape index (κ3) is 5.89. The Morgan fingerprint density at radius 2 is 1.69 bits per heavy atom. The number of guanidine groups is 1. The predicted octanol–water partition coefficient (Wildman–Crippen LogP) is 3.48. The third-order valence-corrected chi connectivity index (χ3v) is 3.79. The first-order valence-electron chi connectivity index (χ1n) is 7.96. The van der Waals surface area contributed by atoms with Crippen LogP contribution in [-0.2, 0) is 32.7 Å². The van der Waals surface area contributed by atoms with E-state index in [1.807, 2.05) is 18.2 Å². The molecule has 0 bridgehead atoms. The van der Waals surface area contributed by atoms with Crippen molar-refractivity contribution in [3.8, 4) is 0 Å². The summed E-state index contributed by atoms with van der Waals surface area (Å²) in [7, 11) is 3.04. The van der Waals surface area contributed by atoms with E-state index in [0.29, 0.717) is 12.5 Å². The van der Waals surface area contributed by atoms with Gasteiger partial charge in [0.1, 0.15) is 0 Å². The molecule has 2 aromatic rings. The minimum absolute atomic E-state index is 0. The minimum atomic E-state index is -4.48. The van der Waals surface area contributed by atoms with Crippen LogP contribution in [0.5, 0.6) is 0 Å². The van der Waals surface area contributed by atoms with Gasteiger partial charge < -0.3 is 10.6 Å². The van der Waals surface area contributed by atoms with E-state index in [-0.39, 0.29) is 36.1 Å². The van der Waals surface area contributed by atoms with E-state index in [1.54, 1.807) is 7.05 Å². The lowest BCUT2D eigenvalue weighted by Crippen LogP contribution is -2.36. The number of hydrogen-bond acceptors (Lipinski definition) is 2. The maximum Gasteiger partial charge on any atom is 0.435 e. The zero-order valence-corrected chi connectivity index (χ0v) is 17.2. The minimum Gasteiger partial charge on any atom is -0.352 e. The summed E-state index contributed by atoms with van der Waals surface area (Å²) in [6.45, 7) is 2.60. The molecule has 0 unspecified atom stereocenters. The number of rotatable bonds is 5. The van der Waals surface area contributed by atoms with Crippen LogP contribution in [0.25, 0.3) is 0 Å². The summed E-state index contributed by atoms with van der Waals surface area (Å²) in [6.07, 6.45) is -2.21. The first kappa shape index (κ1) is 22.3. The van der Waals surface area contributed by atoms with Gasteiger partial charge in [0.05, 0.1) is 0 Å². The van der Waals surface area contributed by atoms with Crippen LogP contribution in [0.2, 0.25) is 0 Å². The van der Waals surface area contributed by atoms with E-state index in [2.05, 4.69) is 33.7 Å².